The van der Waals surface area contributed by atoms with E-state index in [1.807, 2.05) is 7.11 Å². The molecule has 2 rings (SSSR count). The molecule has 0 aliphatic heterocycles. The van der Waals surface area contributed by atoms with Gasteiger partial charge in [-0.05, 0) is 37.5 Å². The van der Waals surface area contributed by atoms with E-state index in [1.54, 1.807) is 7.11 Å². The second-order valence-electron chi connectivity index (χ2n) is 5.79. The predicted molar refractivity (Wildman–Crippen MR) is 69.2 cm³/mol. The molecule has 3 nitrogen and oxygen atoms in total. The summed E-state index contributed by atoms with van der Waals surface area (Å²) in [6, 6.07) is 0.578. The summed E-state index contributed by atoms with van der Waals surface area (Å²) in [5.74, 6) is 0. The van der Waals surface area contributed by atoms with E-state index in [4.69, 9.17) is 9.47 Å². The second kappa shape index (κ2) is 6.17. The summed E-state index contributed by atoms with van der Waals surface area (Å²) >= 11 is 0. The molecular formula is C14H27NO2. The van der Waals surface area contributed by atoms with Crippen LogP contribution in [0.2, 0.25) is 0 Å². The van der Waals surface area contributed by atoms with Crippen LogP contribution in [0.15, 0.2) is 0 Å². The zero-order valence-electron chi connectivity index (χ0n) is 11.3. The minimum Gasteiger partial charge on any atom is -0.385 e. The van der Waals surface area contributed by atoms with E-state index in [-0.39, 0.29) is 0 Å². The van der Waals surface area contributed by atoms with Gasteiger partial charge in [-0.3, -0.25) is 0 Å². The van der Waals surface area contributed by atoms with Gasteiger partial charge in [0.05, 0.1) is 6.10 Å². The van der Waals surface area contributed by atoms with Gasteiger partial charge < -0.3 is 14.8 Å². The van der Waals surface area contributed by atoms with E-state index in [1.165, 1.54) is 44.9 Å². The molecule has 2 aliphatic rings. The molecule has 17 heavy (non-hydrogen) atoms. The van der Waals surface area contributed by atoms with Crippen molar-refractivity contribution in [3.05, 3.63) is 0 Å². The molecule has 0 bridgehead atoms. The fourth-order valence-corrected chi connectivity index (χ4v) is 2.97. The smallest absolute Gasteiger partial charge is 0.0724 e. The number of hydrogen-bond donors (Lipinski definition) is 1. The van der Waals surface area contributed by atoms with Crippen molar-refractivity contribution in [2.75, 3.05) is 27.4 Å². The van der Waals surface area contributed by atoms with E-state index in [2.05, 4.69) is 5.32 Å². The summed E-state index contributed by atoms with van der Waals surface area (Å²) in [4.78, 5) is 0. The largest absolute Gasteiger partial charge is 0.385 e. The monoisotopic (exact) mass is 241 g/mol. The lowest BCUT2D eigenvalue weighted by Gasteiger charge is -2.32. The Hall–Kier alpha value is -0.120. The molecule has 0 aromatic carbocycles. The first-order valence-electron chi connectivity index (χ1n) is 7.05. The Morgan fingerprint density at radius 2 is 1.94 bits per heavy atom. The van der Waals surface area contributed by atoms with Crippen molar-refractivity contribution in [2.24, 2.45) is 5.41 Å². The zero-order valence-corrected chi connectivity index (χ0v) is 11.3. The predicted octanol–water partition coefficient (Wildman–Crippen LogP) is 2.35. The summed E-state index contributed by atoms with van der Waals surface area (Å²) in [5, 5.41) is 3.75. The van der Waals surface area contributed by atoms with Gasteiger partial charge in [-0.25, -0.2) is 0 Å². The van der Waals surface area contributed by atoms with Crippen LogP contribution in [0.3, 0.4) is 0 Å². The SMILES string of the molecule is COCCC1(CNC2CCCCC2OC)CC1. The maximum atomic E-state index is 5.58. The number of hydrogen-bond acceptors (Lipinski definition) is 3. The first-order chi connectivity index (χ1) is 8.29. The molecule has 0 saturated heterocycles. The molecule has 3 heteroatoms. The van der Waals surface area contributed by atoms with Crippen LogP contribution in [-0.2, 0) is 9.47 Å². The molecule has 100 valence electrons. The normalized spacial score (nSPS) is 31.4. The Morgan fingerprint density at radius 3 is 2.59 bits per heavy atom. The fraction of sp³-hybridized carbons (Fsp3) is 1.00. The molecule has 2 fully saturated rings. The lowest BCUT2D eigenvalue weighted by molar-refractivity contribution is 0.0393. The Labute approximate surface area is 105 Å². The standard InChI is InChI=1S/C14H27NO2/c1-16-10-9-14(7-8-14)11-15-12-5-3-4-6-13(12)17-2/h12-13,15H,3-11H2,1-2H3. The fourth-order valence-electron chi connectivity index (χ4n) is 2.97. The third kappa shape index (κ3) is 3.67. The minimum absolute atomic E-state index is 0.432. The maximum absolute atomic E-state index is 5.58. The molecule has 0 amide bonds. The van der Waals surface area contributed by atoms with Crippen LogP contribution in [0, 0.1) is 5.41 Å². The number of ether oxygens (including phenoxy) is 2. The number of nitrogens with one attached hydrogen (secondary N) is 1. The van der Waals surface area contributed by atoms with Gasteiger partial charge in [0.15, 0.2) is 0 Å². The molecule has 2 atom stereocenters. The molecule has 2 saturated carbocycles. The summed E-state index contributed by atoms with van der Waals surface area (Å²) in [5.41, 5.74) is 0.547. The average Bonchev–Trinajstić information content (AvgIpc) is 3.15. The van der Waals surface area contributed by atoms with Crippen molar-refractivity contribution in [2.45, 2.75) is 57.1 Å². The highest BCUT2D eigenvalue weighted by atomic mass is 16.5. The quantitative estimate of drug-likeness (QED) is 0.742. The highest BCUT2D eigenvalue weighted by molar-refractivity contribution is 4.96. The molecule has 0 aromatic rings. The maximum Gasteiger partial charge on any atom is 0.0724 e. The highest BCUT2D eigenvalue weighted by Crippen LogP contribution is 2.48. The van der Waals surface area contributed by atoms with E-state index in [9.17, 15) is 0 Å². The molecular weight excluding hydrogens is 214 g/mol. The summed E-state index contributed by atoms with van der Waals surface area (Å²) in [7, 11) is 3.65. The van der Waals surface area contributed by atoms with E-state index in [0.717, 1.165) is 13.2 Å². The van der Waals surface area contributed by atoms with Crippen LogP contribution in [0.25, 0.3) is 0 Å². The topological polar surface area (TPSA) is 30.5 Å². The minimum atomic E-state index is 0.432. The number of rotatable bonds is 7. The van der Waals surface area contributed by atoms with Crippen LogP contribution in [-0.4, -0.2) is 39.5 Å². The summed E-state index contributed by atoms with van der Waals surface area (Å²) in [6.07, 6.45) is 9.55. The zero-order chi connectivity index (χ0) is 12.1. The van der Waals surface area contributed by atoms with Crippen molar-refractivity contribution in [1.29, 1.82) is 0 Å². The molecule has 2 unspecified atom stereocenters. The lowest BCUT2D eigenvalue weighted by atomic mass is 9.91. The molecule has 0 spiro atoms. The molecule has 0 heterocycles. The first-order valence-corrected chi connectivity index (χ1v) is 7.05. The van der Waals surface area contributed by atoms with E-state index in [0.29, 0.717) is 17.6 Å². The van der Waals surface area contributed by atoms with E-state index < -0.39 is 0 Å². The van der Waals surface area contributed by atoms with Gasteiger partial charge in [-0.15, -0.1) is 0 Å². The summed E-state index contributed by atoms with van der Waals surface area (Å²) < 4.78 is 10.8. The van der Waals surface area contributed by atoms with Crippen LogP contribution >= 0.6 is 0 Å². The van der Waals surface area contributed by atoms with Crippen molar-refractivity contribution < 1.29 is 9.47 Å². The lowest BCUT2D eigenvalue weighted by Crippen LogP contribution is -2.45. The van der Waals surface area contributed by atoms with Crippen molar-refractivity contribution in [1.82, 2.24) is 5.32 Å². The first kappa shape index (κ1) is 13.3. The molecule has 1 N–H and O–H groups in total. The molecule has 2 aliphatic carbocycles. The van der Waals surface area contributed by atoms with Gasteiger partial charge in [0.2, 0.25) is 0 Å². The summed E-state index contributed by atoms with van der Waals surface area (Å²) in [6.45, 7) is 2.06. The van der Waals surface area contributed by atoms with Crippen molar-refractivity contribution in [3.63, 3.8) is 0 Å². The van der Waals surface area contributed by atoms with Crippen molar-refractivity contribution >= 4 is 0 Å². The van der Waals surface area contributed by atoms with Gasteiger partial charge >= 0.3 is 0 Å². The van der Waals surface area contributed by atoms with Crippen LogP contribution in [0.1, 0.15) is 44.9 Å². The van der Waals surface area contributed by atoms with Crippen molar-refractivity contribution in [3.8, 4) is 0 Å². The average molecular weight is 241 g/mol. The Bertz CT molecular complexity index is 228. The third-order valence-electron chi connectivity index (χ3n) is 4.54. The van der Waals surface area contributed by atoms with Gasteiger partial charge in [0.25, 0.3) is 0 Å². The van der Waals surface area contributed by atoms with Crippen LogP contribution < -0.4 is 5.32 Å². The van der Waals surface area contributed by atoms with Crippen LogP contribution in [0.4, 0.5) is 0 Å². The van der Waals surface area contributed by atoms with Gasteiger partial charge in [0, 0.05) is 33.4 Å². The van der Waals surface area contributed by atoms with Gasteiger partial charge in [0.1, 0.15) is 0 Å². The third-order valence-corrected chi connectivity index (χ3v) is 4.54. The second-order valence-corrected chi connectivity index (χ2v) is 5.79. The Balaban J connectivity index is 1.73. The Kier molecular flexibility index (Phi) is 4.83. The van der Waals surface area contributed by atoms with Gasteiger partial charge in [-0.1, -0.05) is 12.8 Å². The highest BCUT2D eigenvalue weighted by Gasteiger charge is 2.42. The van der Waals surface area contributed by atoms with Gasteiger partial charge in [-0.2, -0.15) is 0 Å². The molecule has 0 aromatic heterocycles. The number of methoxy groups -OCH3 is 2. The van der Waals surface area contributed by atoms with E-state index >= 15 is 0 Å². The Morgan fingerprint density at radius 1 is 1.18 bits per heavy atom. The van der Waals surface area contributed by atoms with Crippen LogP contribution in [0.5, 0.6) is 0 Å². The molecule has 0 radical (unpaired) electrons.